The average molecular weight is 526 g/mol. The Hall–Kier alpha value is -4.05. The van der Waals surface area contributed by atoms with Gasteiger partial charge in [0, 0.05) is 51.5 Å². The lowest BCUT2D eigenvalue weighted by Gasteiger charge is -2.32. The minimum Gasteiger partial charge on any atom is -0.437 e. The molecule has 0 bridgehead atoms. The zero-order valence-corrected chi connectivity index (χ0v) is 23.0. The smallest absolute Gasteiger partial charge is 0.227 e. The molecule has 4 nitrogen and oxygen atoms in total. The van der Waals surface area contributed by atoms with E-state index in [0.717, 1.165) is 63.3 Å². The largest absolute Gasteiger partial charge is 0.437 e. The van der Waals surface area contributed by atoms with Gasteiger partial charge in [0.2, 0.25) is 5.71 Å². The number of hydrogen-bond acceptors (Lipinski definition) is 4. The van der Waals surface area contributed by atoms with Crippen LogP contribution in [0, 0.1) is 0 Å². The van der Waals surface area contributed by atoms with Gasteiger partial charge in [-0.05, 0) is 61.1 Å². The van der Waals surface area contributed by atoms with Gasteiger partial charge in [0.15, 0.2) is 0 Å². The normalized spacial score (nSPS) is 21.6. The third-order valence-corrected chi connectivity index (χ3v) is 9.13. The Bertz CT molecular complexity index is 1730. The SMILES string of the molecule is C=CC1=NC2CC(=C)N=C(C=C)c3c(ccc4c3oc3nc(C5CCCCC5)ccc34)CCC2c2ccccc21. The number of hydrogen-bond donors (Lipinski definition) is 0. The molecule has 2 unspecified atom stereocenters. The number of furan rings is 1. The molecule has 200 valence electrons. The van der Waals surface area contributed by atoms with Crippen molar-refractivity contribution in [3.63, 3.8) is 0 Å². The second kappa shape index (κ2) is 10.2. The average Bonchev–Trinajstić information content (AvgIpc) is 3.37. The molecular formula is C36H35N3O. The van der Waals surface area contributed by atoms with E-state index in [1.165, 1.54) is 48.8 Å². The van der Waals surface area contributed by atoms with Crippen molar-refractivity contribution in [3.8, 4) is 0 Å². The van der Waals surface area contributed by atoms with Gasteiger partial charge in [-0.2, -0.15) is 0 Å². The van der Waals surface area contributed by atoms with Crippen LogP contribution in [0.5, 0.6) is 0 Å². The summed E-state index contributed by atoms with van der Waals surface area (Å²) in [6, 6.07) is 17.5. The van der Waals surface area contributed by atoms with Gasteiger partial charge in [-0.3, -0.25) is 9.98 Å². The van der Waals surface area contributed by atoms with E-state index in [1.807, 2.05) is 12.2 Å². The molecular weight excluding hydrogens is 490 g/mol. The van der Waals surface area contributed by atoms with Crippen LogP contribution >= 0.6 is 0 Å². The van der Waals surface area contributed by atoms with Crippen molar-refractivity contribution in [3.05, 3.63) is 114 Å². The van der Waals surface area contributed by atoms with Crippen molar-refractivity contribution in [2.75, 3.05) is 0 Å². The fraction of sp³-hybridized carbons (Fsp3) is 0.306. The second-order valence-electron chi connectivity index (χ2n) is 11.5. The summed E-state index contributed by atoms with van der Waals surface area (Å²) >= 11 is 0. The summed E-state index contributed by atoms with van der Waals surface area (Å²) in [4.78, 5) is 15.2. The van der Waals surface area contributed by atoms with Crippen molar-refractivity contribution in [1.82, 2.24) is 4.98 Å². The molecule has 40 heavy (non-hydrogen) atoms. The number of allylic oxidation sites excluding steroid dienone is 2. The fourth-order valence-electron chi connectivity index (χ4n) is 7.16. The lowest BCUT2D eigenvalue weighted by atomic mass is 9.78. The highest BCUT2D eigenvalue weighted by atomic mass is 16.3. The molecule has 2 atom stereocenters. The van der Waals surface area contributed by atoms with Crippen molar-refractivity contribution in [1.29, 1.82) is 0 Å². The van der Waals surface area contributed by atoms with E-state index in [2.05, 4.69) is 68.3 Å². The quantitative estimate of drug-likeness (QED) is 0.268. The predicted molar refractivity (Wildman–Crippen MR) is 166 cm³/mol. The second-order valence-corrected chi connectivity index (χ2v) is 11.5. The first kappa shape index (κ1) is 25.0. The Balaban J connectivity index is 1.36. The zero-order valence-electron chi connectivity index (χ0n) is 23.0. The van der Waals surface area contributed by atoms with Gasteiger partial charge < -0.3 is 4.42 Å². The molecule has 1 saturated carbocycles. The number of fused-ring (bicyclic) bond motifs is 8. The highest BCUT2D eigenvalue weighted by Gasteiger charge is 2.32. The molecule has 0 amide bonds. The Labute approximate surface area is 236 Å². The first-order valence-electron chi connectivity index (χ1n) is 14.7. The zero-order chi connectivity index (χ0) is 27.2. The van der Waals surface area contributed by atoms with E-state index < -0.39 is 0 Å². The topological polar surface area (TPSA) is 50.8 Å². The molecule has 7 rings (SSSR count). The van der Waals surface area contributed by atoms with E-state index in [-0.39, 0.29) is 12.0 Å². The van der Waals surface area contributed by atoms with E-state index in [9.17, 15) is 0 Å². The Kier molecular flexibility index (Phi) is 6.34. The highest BCUT2D eigenvalue weighted by molar-refractivity contribution is 6.19. The van der Waals surface area contributed by atoms with Crippen molar-refractivity contribution in [2.24, 2.45) is 9.98 Å². The summed E-state index contributed by atoms with van der Waals surface area (Å²) in [7, 11) is 0. The van der Waals surface area contributed by atoms with Gasteiger partial charge in [0.1, 0.15) is 5.58 Å². The molecule has 2 aromatic carbocycles. The molecule has 0 N–H and O–H groups in total. The Morgan fingerprint density at radius 2 is 1.65 bits per heavy atom. The van der Waals surface area contributed by atoms with Crippen LogP contribution in [0.2, 0.25) is 0 Å². The van der Waals surface area contributed by atoms with Crippen LogP contribution in [0.3, 0.4) is 0 Å². The van der Waals surface area contributed by atoms with Gasteiger partial charge in [-0.15, -0.1) is 0 Å². The number of aliphatic imine (C=N–C) groups is 2. The van der Waals surface area contributed by atoms with Crippen LogP contribution in [0.25, 0.3) is 22.1 Å². The van der Waals surface area contributed by atoms with Crippen molar-refractivity contribution < 1.29 is 4.42 Å². The van der Waals surface area contributed by atoms with Gasteiger partial charge >= 0.3 is 0 Å². The number of aromatic nitrogens is 1. The molecule has 4 heteroatoms. The summed E-state index contributed by atoms with van der Waals surface area (Å²) in [6.07, 6.45) is 12.6. The molecule has 4 aromatic rings. The van der Waals surface area contributed by atoms with Crippen molar-refractivity contribution in [2.45, 2.75) is 69.2 Å². The number of benzene rings is 2. The van der Waals surface area contributed by atoms with E-state index in [1.54, 1.807) is 0 Å². The number of rotatable bonds is 3. The monoisotopic (exact) mass is 525 g/mol. The van der Waals surface area contributed by atoms with Crippen LogP contribution in [0.4, 0.5) is 0 Å². The van der Waals surface area contributed by atoms with E-state index >= 15 is 0 Å². The van der Waals surface area contributed by atoms with Crippen LogP contribution in [-0.4, -0.2) is 22.4 Å². The predicted octanol–water partition coefficient (Wildman–Crippen LogP) is 8.99. The summed E-state index contributed by atoms with van der Waals surface area (Å²) in [5, 5.41) is 2.14. The minimum absolute atomic E-state index is 0.0732. The minimum atomic E-state index is 0.0732. The maximum absolute atomic E-state index is 6.61. The summed E-state index contributed by atoms with van der Waals surface area (Å²) < 4.78 is 6.61. The number of aryl methyl sites for hydroxylation is 1. The van der Waals surface area contributed by atoms with Gasteiger partial charge in [0.05, 0.1) is 17.5 Å². The molecule has 1 aliphatic carbocycles. The van der Waals surface area contributed by atoms with Crippen LogP contribution < -0.4 is 0 Å². The Morgan fingerprint density at radius 3 is 2.48 bits per heavy atom. The maximum Gasteiger partial charge on any atom is 0.227 e. The lowest BCUT2D eigenvalue weighted by Crippen LogP contribution is -2.27. The molecule has 4 heterocycles. The van der Waals surface area contributed by atoms with Crippen LogP contribution in [0.15, 0.2) is 101 Å². The van der Waals surface area contributed by atoms with Gasteiger partial charge in [-0.1, -0.05) is 75.4 Å². The summed E-state index contributed by atoms with van der Waals surface area (Å²) in [5.74, 6) is 0.805. The molecule has 3 aliphatic rings. The van der Waals surface area contributed by atoms with Crippen LogP contribution in [0.1, 0.15) is 84.7 Å². The molecule has 0 spiro atoms. The molecule has 0 saturated heterocycles. The summed E-state index contributed by atoms with van der Waals surface area (Å²) in [5.41, 5.74) is 10.0. The molecule has 1 fully saturated rings. The third kappa shape index (κ3) is 4.18. The van der Waals surface area contributed by atoms with Crippen molar-refractivity contribution >= 4 is 33.5 Å². The standard InChI is InChI=1S/C36H35N3O/c1-4-30-26-14-10-9-13-25(26)27-17-15-24-16-18-28-29-19-20-32(23-11-7-6-8-12-23)39-36(29)40-35(28)34(24)31(5-2)37-22(3)21-33(27)38-30/h4-5,9-10,13-14,16,18-20,23,27,33H,1-3,6-8,11-12,15,17,21H2. The Morgan fingerprint density at radius 1 is 0.850 bits per heavy atom. The molecule has 2 aromatic heterocycles. The lowest BCUT2D eigenvalue weighted by molar-refractivity contribution is 0.436. The number of nitrogens with zero attached hydrogens (tertiary/aromatic N) is 3. The van der Waals surface area contributed by atoms with E-state index in [4.69, 9.17) is 19.4 Å². The van der Waals surface area contributed by atoms with Gasteiger partial charge in [-0.25, -0.2) is 4.98 Å². The maximum atomic E-state index is 6.61. The molecule has 2 aliphatic heterocycles. The fourth-order valence-corrected chi connectivity index (χ4v) is 7.16. The molecule has 0 radical (unpaired) electrons. The first-order chi connectivity index (χ1) is 19.6. The third-order valence-electron chi connectivity index (χ3n) is 9.13. The first-order valence-corrected chi connectivity index (χ1v) is 14.7. The number of pyridine rings is 1. The van der Waals surface area contributed by atoms with Gasteiger partial charge in [0.25, 0.3) is 0 Å². The van der Waals surface area contributed by atoms with Crippen LogP contribution in [-0.2, 0) is 6.42 Å². The highest BCUT2D eigenvalue weighted by Crippen LogP contribution is 2.41. The summed E-state index contributed by atoms with van der Waals surface area (Å²) in [6.45, 7) is 12.6. The van der Waals surface area contributed by atoms with E-state index in [0.29, 0.717) is 12.3 Å².